The molecular weight excluding hydrogens is 470 g/mol. The number of benzene rings is 2. The maximum atomic E-state index is 12.7. The maximum absolute atomic E-state index is 12.7. The molecule has 0 aromatic heterocycles. The Labute approximate surface area is 199 Å². The summed E-state index contributed by atoms with van der Waals surface area (Å²) in [5, 5.41) is -0.132. The lowest BCUT2D eigenvalue weighted by Crippen LogP contribution is -2.35. The number of para-hydroxylation sites is 1. The average Bonchev–Trinajstić information content (AvgIpc) is 3.02. The van der Waals surface area contributed by atoms with E-state index in [2.05, 4.69) is 0 Å². The van der Waals surface area contributed by atoms with Crippen LogP contribution in [0.1, 0.15) is 29.8 Å². The van der Waals surface area contributed by atoms with Crippen molar-refractivity contribution in [1.29, 1.82) is 0 Å². The van der Waals surface area contributed by atoms with Gasteiger partial charge in [-0.05, 0) is 62.0 Å². The minimum atomic E-state index is -0.687. The molecule has 3 rings (SSSR count). The molecule has 1 aliphatic rings. The lowest BCUT2D eigenvalue weighted by atomic mass is 10.1. The molecule has 0 spiro atoms. The van der Waals surface area contributed by atoms with Gasteiger partial charge in [-0.1, -0.05) is 23.7 Å². The number of hydrogen-bond acceptors (Lipinski definition) is 8. The summed E-state index contributed by atoms with van der Waals surface area (Å²) in [5.41, 5.74) is 0.604. The average molecular weight is 490 g/mol. The molecule has 0 radical (unpaired) electrons. The third-order valence-corrected chi connectivity index (χ3v) is 5.48. The van der Waals surface area contributed by atoms with Gasteiger partial charge in [0, 0.05) is 10.6 Å². The van der Waals surface area contributed by atoms with Crippen molar-refractivity contribution in [3.63, 3.8) is 0 Å². The minimum absolute atomic E-state index is 0.0643. The monoisotopic (exact) mass is 489 g/mol. The second-order valence-corrected chi connectivity index (χ2v) is 8.51. The molecule has 10 heteroatoms. The van der Waals surface area contributed by atoms with Crippen molar-refractivity contribution in [2.24, 2.45) is 0 Å². The first-order valence-corrected chi connectivity index (χ1v) is 11.0. The summed E-state index contributed by atoms with van der Waals surface area (Å²) in [4.78, 5) is 50.4. The molecule has 0 aliphatic carbocycles. The third kappa shape index (κ3) is 5.94. The van der Waals surface area contributed by atoms with E-state index in [1.807, 2.05) is 0 Å². The van der Waals surface area contributed by atoms with E-state index >= 15 is 0 Å². The van der Waals surface area contributed by atoms with Crippen LogP contribution in [0.25, 0.3) is 6.08 Å². The predicted molar refractivity (Wildman–Crippen MR) is 123 cm³/mol. The zero-order valence-electron chi connectivity index (χ0n) is 18.0. The fraction of sp³-hybridized carbons (Fsp3) is 0.217. The van der Waals surface area contributed by atoms with Crippen LogP contribution in [0, 0.1) is 0 Å². The molecular formula is C23H20ClNO7S. The fourth-order valence-corrected chi connectivity index (χ4v) is 3.82. The van der Waals surface area contributed by atoms with Gasteiger partial charge in [0.05, 0.1) is 23.7 Å². The first-order chi connectivity index (χ1) is 15.7. The lowest BCUT2D eigenvalue weighted by Gasteiger charge is -2.14. The van der Waals surface area contributed by atoms with E-state index < -0.39 is 29.6 Å². The summed E-state index contributed by atoms with van der Waals surface area (Å²) < 4.78 is 15.9. The molecule has 33 heavy (non-hydrogen) atoms. The number of amides is 2. The molecule has 2 amide bonds. The van der Waals surface area contributed by atoms with Crippen molar-refractivity contribution in [3.8, 4) is 11.5 Å². The molecule has 0 bridgehead atoms. The topological polar surface area (TPSA) is 99.2 Å². The number of methoxy groups -OCH3 is 1. The van der Waals surface area contributed by atoms with E-state index in [1.165, 1.54) is 25.3 Å². The van der Waals surface area contributed by atoms with E-state index in [9.17, 15) is 19.2 Å². The Morgan fingerprint density at radius 2 is 1.82 bits per heavy atom. The van der Waals surface area contributed by atoms with Gasteiger partial charge in [-0.2, -0.15) is 0 Å². The van der Waals surface area contributed by atoms with Gasteiger partial charge in [-0.25, -0.2) is 4.79 Å². The first kappa shape index (κ1) is 24.3. The van der Waals surface area contributed by atoms with Gasteiger partial charge in [-0.15, -0.1) is 0 Å². The summed E-state index contributed by atoms with van der Waals surface area (Å²) in [7, 11) is 1.41. The van der Waals surface area contributed by atoms with E-state index in [-0.39, 0.29) is 28.1 Å². The number of carbonyl (C=O) groups excluding carboxylic acids is 4. The first-order valence-electron chi connectivity index (χ1n) is 9.79. The smallest absolute Gasteiger partial charge is 0.343 e. The quantitative estimate of drug-likeness (QED) is 0.317. The zero-order valence-corrected chi connectivity index (χ0v) is 19.6. The van der Waals surface area contributed by atoms with Gasteiger partial charge in [0.25, 0.3) is 11.1 Å². The highest BCUT2D eigenvalue weighted by atomic mass is 35.5. The van der Waals surface area contributed by atoms with Crippen molar-refractivity contribution in [2.45, 2.75) is 20.0 Å². The Hall–Kier alpha value is -3.30. The maximum Gasteiger partial charge on any atom is 0.343 e. The Kier molecular flexibility index (Phi) is 7.78. The van der Waals surface area contributed by atoms with Gasteiger partial charge in [0.1, 0.15) is 6.54 Å². The van der Waals surface area contributed by atoms with Crippen LogP contribution < -0.4 is 9.47 Å². The van der Waals surface area contributed by atoms with Crippen molar-refractivity contribution < 1.29 is 33.4 Å². The molecule has 0 atom stereocenters. The van der Waals surface area contributed by atoms with Crippen molar-refractivity contribution in [3.05, 3.63) is 63.5 Å². The molecule has 8 nitrogen and oxygen atoms in total. The summed E-state index contributed by atoms with van der Waals surface area (Å²) in [5.74, 6) is -1.66. The van der Waals surface area contributed by atoms with Gasteiger partial charge in [0.15, 0.2) is 11.5 Å². The highest BCUT2D eigenvalue weighted by molar-refractivity contribution is 8.18. The number of esters is 2. The van der Waals surface area contributed by atoms with Crippen LogP contribution in [0.2, 0.25) is 5.02 Å². The van der Waals surface area contributed by atoms with Crippen LogP contribution in [0.4, 0.5) is 4.79 Å². The van der Waals surface area contributed by atoms with E-state index in [1.54, 1.807) is 44.2 Å². The van der Waals surface area contributed by atoms with Crippen LogP contribution >= 0.6 is 23.4 Å². The number of carbonyl (C=O) groups is 4. The molecule has 1 heterocycles. The van der Waals surface area contributed by atoms with E-state index in [4.69, 9.17) is 25.8 Å². The molecule has 1 saturated heterocycles. The Morgan fingerprint density at radius 1 is 1.12 bits per heavy atom. The second kappa shape index (κ2) is 10.5. The third-order valence-electron chi connectivity index (χ3n) is 4.32. The molecule has 0 saturated carbocycles. The summed E-state index contributed by atoms with van der Waals surface area (Å²) in [6.45, 7) is 2.85. The van der Waals surface area contributed by atoms with Crippen LogP contribution in [0.15, 0.2) is 47.4 Å². The molecule has 0 unspecified atom stereocenters. The van der Waals surface area contributed by atoms with Gasteiger partial charge >= 0.3 is 11.9 Å². The Morgan fingerprint density at radius 3 is 2.45 bits per heavy atom. The van der Waals surface area contributed by atoms with Gasteiger partial charge in [-0.3, -0.25) is 19.3 Å². The molecule has 2 aromatic rings. The minimum Gasteiger partial charge on any atom is -0.493 e. The highest BCUT2D eigenvalue weighted by Gasteiger charge is 2.37. The van der Waals surface area contributed by atoms with Crippen LogP contribution in [-0.4, -0.2) is 47.7 Å². The Balaban J connectivity index is 1.88. The normalized spacial score (nSPS) is 14.7. The molecule has 2 aromatic carbocycles. The van der Waals surface area contributed by atoms with Gasteiger partial charge in [0.2, 0.25) is 0 Å². The van der Waals surface area contributed by atoms with E-state index in [0.717, 1.165) is 4.90 Å². The van der Waals surface area contributed by atoms with Crippen LogP contribution in [0.3, 0.4) is 0 Å². The zero-order chi connectivity index (χ0) is 24.1. The van der Waals surface area contributed by atoms with Crippen molar-refractivity contribution in [1.82, 2.24) is 4.90 Å². The molecule has 0 N–H and O–H groups in total. The molecule has 1 aliphatic heterocycles. The van der Waals surface area contributed by atoms with Crippen molar-refractivity contribution in [2.75, 3.05) is 13.7 Å². The van der Waals surface area contributed by atoms with Gasteiger partial charge < -0.3 is 14.2 Å². The van der Waals surface area contributed by atoms with Crippen LogP contribution in [-0.2, 0) is 14.3 Å². The standard InChI is InChI=1S/C23H20ClNO7S/c1-13(2)31-19(26)12-25-21(27)18(33-23(25)29)11-15-5-4-6-17(30-3)20(15)32-22(28)14-7-9-16(24)10-8-14/h4-11,13H,12H2,1-3H3/b18-11-. The summed E-state index contributed by atoms with van der Waals surface area (Å²) in [6.07, 6.45) is 1.04. The highest BCUT2D eigenvalue weighted by Crippen LogP contribution is 2.37. The number of nitrogens with zero attached hydrogens (tertiary/aromatic N) is 1. The molecule has 1 fully saturated rings. The predicted octanol–water partition coefficient (Wildman–Crippen LogP) is 4.56. The number of hydrogen-bond donors (Lipinski definition) is 0. The van der Waals surface area contributed by atoms with Crippen molar-refractivity contribution >= 4 is 52.5 Å². The number of halogens is 1. The van der Waals surface area contributed by atoms with E-state index in [0.29, 0.717) is 22.3 Å². The summed E-state index contributed by atoms with van der Waals surface area (Å²) >= 11 is 6.53. The number of ether oxygens (including phenoxy) is 3. The number of imide groups is 1. The number of rotatable bonds is 7. The Bertz CT molecular complexity index is 1130. The van der Waals surface area contributed by atoms with Crippen LogP contribution in [0.5, 0.6) is 11.5 Å². The SMILES string of the molecule is COc1cccc(/C=C2\SC(=O)N(CC(=O)OC(C)C)C2=O)c1OC(=O)c1ccc(Cl)cc1. The fourth-order valence-electron chi connectivity index (χ4n) is 2.86. The largest absolute Gasteiger partial charge is 0.493 e. The summed E-state index contributed by atoms with van der Waals surface area (Å²) in [6, 6.07) is 11.0. The lowest BCUT2D eigenvalue weighted by molar-refractivity contribution is -0.149. The molecule has 172 valence electrons. The number of thioether (sulfide) groups is 1. The second-order valence-electron chi connectivity index (χ2n) is 7.08.